The zero-order chi connectivity index (χ0) is 20.5. The molecule has 2 aliphatic rings. The number of fused-ring (bicyclic) bond motifs is 1. The molecule has 2 aromatic heterocycles. The van der Waals surface area contributed by atoms with Gasteiger partial charge in [0, 0.05) is 44.7 Å². The number of benzene rings is 1. The van der Waals surface area contributed by atoms with E-state index in [1.807, 2.05) is 41.3 Å². The molecule has 5 rings (SSSR count). The predicted octanol–water partition coefficient (Wildman–Crippen LogP) is 3.58. The second-order valence-electron chi connectivity index (χ2n) is 8.48. The Bertz CT molecular complexity index is 977. The molecular formula is C23H26FN5O. The molecule has 7 heteroatoms. The van der Waals surface area contributed by atoms with E-state index in [9.17, 15) is 4.39 Å². The van der Waals surface area contributed by atoms with Gasteiger partial charge in [-0.25, -0.2) is 9.07 Å². The van der Waals surface area contributed by atoms with Crippen LogP contribution in [0.3, 0.4) is 0 Å². The van der Waals surface area contributed by atoms with Gasteiger partial charge in [-0.3, -0.25) is 9.88 Å². The summed E-state index contributed by atoms with van der Waals surface area (Å²) in [5.74, 6) is 1.04. The average molecular weight is 407 g/mol. The normalized spacial score (nSPS) is 26.6. The van der Waals surface area contributed by atoms with Crippen molar-refractivity contribution in [3.05, 3.63) is 66.4 Å². The molecule has 1 saturated heterocycles. The molecule has 0 unspecified atom stereocenters. The summed E-state index contributed by atoms with van der Waals surface area (Å²) in [7, 11) is 1.79. The molecular weight excluding hydrogens is 381 g/mol. The van der Waals surface area contributed by atoms with Gasteiger partial charge in [-0.15, -0.1) is 5.10 Å². The van der Waals surface area contributed by atoms with Crippen molar-refractivity contribution in [2.24, 2.45) is 11.8 Å². The summed E-state index contributed by atoms with van der Waals surface area (Å²) in [6.45, 7) is 2.98. The molecule has 0 bridgehead atoms. The Morgan fingerprint density at radius 1 is 1.10 bits per heavy atom. The highest BCUT2D eigenvalue weighted by molar-refractivity contribution is 5.55. The van der Waals surface area contributed by atoms with E-state index in [2.05, 4.69) is 20.2 Å². The van der Waals surface area contributed by atoms with Crippen molar-refractivity contribution in [2.45, 2.75) is 31.5 Å². The molecule has 0 amide bonds. The number of hydrogen-bond acceptors (Lipinski definition) is 5. The highest BCUT2D eigenvalue weighted by Crippen LogP contribution is 2.42. The van der Waals surface area contributed by atoms with Crippen LogP contribution < -0.4 is 0 Å². The summed E-state index contributed by atoms with van der Waals surface area (Å²) in [5.41, 5.74) is 2.97. The Balaban J connectivity index is 1.29. The fourth-order valence-electron chi connectivity index (χ4n) is 5.08. The van der Waals surface area contributed by atoms with E-state index in [1.54, 1.807) is 25.4 Å². The van der Waals surface area contributed by atoms with Crippen LogP contribution in [-0.2, 0) is 11.3 Å². The van der Waals surface area contributed by atoms with Crippen LogP contribution in [0, 0.1) is 17.7 Å². The number of aromatic nitrogens is 4. The van der Waals surface area contributed by atoms with Gasteiger partial charge in [0.25, 0.3) is 0 Å². The molecule has 1 aliphatic carbocycles. The van der Waals surface area contributed by atoms with Gasteiger partial charge in [-0.1, -0.05) is 17.3 Å². The lowest BCUT2D eigenvalue weighted by molar-refractivity contribution is -0.00545. The maximum absolute atomic E-state index is 13.2. The lowest BCUT2D eigenvalue weighted by Crippen LogP contribution is -2.37. The number of halogens is 1. The first-order valence-electron chi connectivity index (χ1n) is 10.5. The van der Waals surface area contributed by atoms with Crippen molar-refractivity contribution in [1.29, 1.82) is 0 Å². The molecule has 1 aliphatic heterocycles. The predicted molar refractivity (Wildman–Crippen MR) is 111 cm³/mol. The number of nitrogens with zero attached hydrogens (tertiary/aromatic N) is 5. The standard InChI is InChI=1S/C23H26FN5O/c1-30-23-10-19-14-28(12-16-4-6-20(24)7-5-16)13-18(19)9-22(23)29-15-21(26-27-29)17-3-2-8-25-11-17/h2-8,11,15,18-19,22-23H,9-10,12-14H2,1H3/t18-,19+,22-,23-/m1/s1. The first-order valence-corrected chi connectivity index (χ1v) is 10.5. The highest BCUT2D eigenvalue weighted by atomic mass is 19.1. The third kappa shape index (κ3) is 3.87. The van der Waals surface area contributed by atoms with Gasteiger partial charge in [0.05, 0.1) is 18.3 Å². The summed E-state index contributed by atoms with van der Waals surface area (Å²) in [4.78, 5) is 6.66. The van der Waals surface area contributed by atoms with Gasteiger partial charge in [-0.05, 0) is 54.5 Å². The summed E-state index contributed by atoms with van der Waals surface area (Å²) in [5, 5.41) is 8.80. The van der Waals surface area contributed by atoms with Crippen molar-refractivity contribution in [3.8, 4) is 11.3 Å². The fraction of sp³-hybridized carbons (Fsp3) is 0.435. The van der Waals surface area contributed by atoms with Crippen molar-refractivity contribution in [2.75, 3.05) is 20.2 Å². The molecule has 1 aromatic carbocycles. The molecule has 2 fully saturated rings. The van der Waals surface area contributed by atoms with E-state index in [4.69, 9.17) is 4.74 Å². The smallest absolute Gasteiger partial charge is 0.123 e. The number of pyridine rings is 1. The Hall–Kier alpha value is -2.64. The SMILES string of the molecule is CO[C@@H]1C[C@H]2CN(Cc3ccc(F)cc3)C[C@H]2C[C@H]1n1cc(-c2cccnc2)nn1. The van der Waals surface area contributed by atoms with Crippen molar-refractivity contribution < 1.29 is 9.13 Å². The summed E-state index contributed by atoms with van der Waals surface area (Å²) < 4.78 is 21.1. The minimum Gasteiger partial charge on any atom is -0.379 e. The van der Waals surface area contributed by atoms with Crippen molar-refractivity contribution >= 4 is 0 Å². The molecule has 4 atom stereocenters. The average Bonchev–Trinajstić information content (AvgIpc) is 3.41. The number of hydrogen-bond donors (Lipinski definition) is 0. The molecule has 30 heavy (non-hydrogen) atoms. The lowest BCUT2D eigenvalue weighted by atomic mass is 9.77. The van der Waals surface area contributed by atoms with E-state index in [0.29, 0.717) is 11.8 Å². The zero-order valence-corrected chi connectivity index (χ0v) is 17.1. The third-order valence-electron chi connectivity index (χ3n) is 6.59. The molecule has 0 radical (unpaired) electrons. The van der Waals surface area contributed by atoms with Gasteiger partial charge < -0.3 is 4.74 Å². The largest absolute Gasteiger partial charge is 0.379 e. The van der Waals surface area contributed by atoms with Gasteiger partial charge >= 0.3 is 0 Å². The van der Waals surface area contributed by atoms with Gasteiger partial charge in [0.15, 0.2) is 0 Å². The summed E-state index contributed by atoms with van der Waals surface area (Å²) in [6, 6.07) is 10.9. The van der Waals surface area contributed by atoms with Gasteiger partial charge in [-0.2, -0.15) is 0 Å². The Labute approximate surface area is 175 Å². The Kier molecular flexibility index (Phi) is 5.31. The minimum absolute atomic E-state index is 0.125. The number of rotatable bonds is 5. The van der Waals surface area contributed by atoms with Crippen molar-refractivity contribution in [3.63, 3.8) is 0 Å². The van der Waals surface area contributed by atoms with E-state index >= 15 is 0 Å². The monoisotopic (exact) mass is 407 g/mol. The fourth-order valence-corrected chi connectivity index (χ4v) is 5.08. The molecule has 1 saturated carbocycles. The van der Waals surface area contributed by atoms with E-state index in [-0.39, 0.29) is 18.0 Å². The quantitative estimate of drug-likeness (QED) is 0.647. The van der Waals surface area contributed by atoms with Crippen LogP contribution in [0.4, 0.5) is 4.39 Å². The molecule has 3 aromatic rings. The zero-order valence-electron chi connectivity index (χ0n) is 17.1. The van der Waals surface area contributed by atoms with Crippen LogP contribution in [0.15, 0.2) is 55.0 Å². The number of methoxy groups -OCH3 is 1. The second kappa shape index (κ2) is 8.24. The molecule has 156 valence electrons. The van der Waals surface area contributed by atoms with Gasteiger partial charge in [0.2, 0.25) is 0 Å². The van der Waals surface area contributed by atoms with Crippen LogP contribution in [0.2, 0.25) is 0 Å². The number of likely N-dealkylation sites (tertiary alicyclic amines) is 1. The lowest BCUT2D eigenvalue weighted by Gasteiger charge is -2.37. The first kappa shape index (κ1) is 19.3. The second-order valence-corrected chi connectivity index (χ2v) is 8.48. The van der Waals surface area contributed by atoms with Crippen LogP contribution in [0.25, 0.3) is 11.3 Å². The molecule has 3 heterocycles. The van der Waals surface area contributed by atoms with Gasteiger partial charge in [0.1, 0.15) is 11.5 Å². The minimum atomic E-state index is -0.182. The van der Waals surface area contributed by atoms with Crippen LogP contribution in [0.5, 0.6) is 0 Å². The third-order valence-corrected chi connectivity index (χ3v) is 6.59. The van der Waals surface area contributed by atoms with E-state index < -0.39 is 0 Å². The first-order chi connectivity index (χ1) is 14.7. The number of ether oxygens (including phenoxy) is 1. The van der Waals surface area contributed by atoms with Crippen LogP contribution in [0.1, 0.15) is 24.4 Å². The van der Waals surface area contributed by atoms with Crippen molar-refractivity contribution in [1.82, 2.24) is 24.9 Å². The van der Waals surface area contributed by atoms with E-state index in [0.717, 1.165) is 49.3 Å². The maximum atomic E-state index is 13.2. The Morgan fingerprint density at radius 3 is 2.63 bits per heavy atom. The summed E-state index contributed by atoms with van der Waals surface area (Å²) in [6.07, 6.45) is 7.75. The highest BCUT2D eigenvalue weighted by Gasteiger charge is 2.43. The van der Waals surface area contributed by atoms with E-state index in [1.165, 1.54) is 0 Å². The molecule has 6 nitrogen and oxygen atoms in total. The maximum Gasteiger partial charge on any atom is 0.123 e. The van der Waals surface area contributed by atoms with Crippen LogP contribution in [-0.4, -0.2) is 51.2 Å². The molecule has 0 spiro atoms. The topological polar surface area (TPSA) is 56.1 Å². The Morgan fingerprint density at radius 2 is 1.90 bits per heavy atom. The van der Waals surface area contributed by atoms with Crippen LogP contribution >= 0.6 is 0 Å². The summed E-state index contributed by atoms with van der Waals surface area (Å²) >= 11 is 0. The molecule has 0 N–H and O–H groups in total.